The molecule has 0 amide bonds. The normalized spacial score (nSPS) is 55.7. The average molecular weight is 198 g/mol. The summed E-state index contributed by atoms with van der Waals surface area (Å²) in [5, 5.41) is 0. The van der Waals surface area contributed by atoms with E-state index in [9.17, 15) is 0 Å². The van der Waals surface area contributed by atoms with E-state index in [1.54, 1.807) is 11.1 Å². The molecule has 3 rings (SSSR count). The van der Waals surface area contributed by atoms with Gasteiger partial charge in [0.25, 0.3) is 0 Å². The van der Waals surface area contributed by atoms with E-state index in [1.165, 1.54) is 19.0 Å². The first-order valence-corrected chi connectivity index (χ1v) is 8.03. The SMILES string of the molecule is CC1=C(C)[C@H]2[C@@H]3CCP2(=S)[C@H]1C3. The second kappa shape index (κ2) is 2.07. The Morgan fingerprint density at radius 3 is 2.67 bits per heavy atom. The molecule has 12 heavy (non-hydrogen) atoms. The van der Waals surface area contributed by atoms with Gasteiger partial charge in [0.15, 0.2) is 0 Å². The van der Waals surface area contributed by atoms with Crippen LogP contribution >= 0.6 is 6.04 Å². The van der Waals surface area contributed by atoms with Crippen LogP contribution in [0, 0.1) is 5.92 Å². The van der Waals surface area contributed by atoms with E-state index in [0.717, 1.165) is 17.2 Å². The van der Waals surface area contributed by atoms with E-state index >= 15 is 0 Å². The fraction of sp³-hybridized carbons (Fsp3) is 0.800. The summed E-state index contributed by atoms with van der Waals surface area (Å²) in [6.45, 7) is 4.68. The maximum Gasteiger partial charge on any atom is 0.0125 e. The fourth-order valence-electron chi connectivity index (χ4n) is 3.77. The first-order valence-electron chi connectivity index (χ1n) is 4.90. The molecule has 3 heterocycles. The summed E-state index contributed by atoms with van der Waals surface area (Å²) in [6.07, 6.45) is 4.35. The van der Waals surface area contributed by atoms with E-state index < -0.39 is 6.04 Å². The molecule has 3 aliphatic heterocycles. The number of rotatable bonds is 0. The van der Waals surface area contributed by atoms with E-state index in [2.05, 4.69) is 13.8 Å². The van der Waals surface area contributed by atoms with Gasteiger partial charge in [0.1, 0.15) is 0 Å². The number of hydrogen-bond acceptors (Lipinski definition) is 1. The maximum absolute atomic E-state index is 5.94. The van der Waals surface area contributed by atoms with Crippen LogP contribution in [0.1, 0.15) is 26.7 Å². The Kier molecular flexibility index (Phi) is 1.34. The maximum atomic E-state index is 5.94. The molecule has 0 N–H and O–H groups in total. The third-order valence-electron chi connectivity index (χ3n) is 4.39. The van der Waals surface area contributed by atoms with E-state index in [0.29, 0.717) is 0 Å². The van der Waals surface area contributed by atoms with Crippen LogP contribution in [0.4, 0.5) is 0 Å². The Morgan fingerprint density at radius 1 is 1.33 bits per heavy atom. The summed E-state index contributed by atoms with van der Waals surface area (Å²) in [6, 6.07) is -0.901. The highest BCUT2D eigenvalue weighted by Crippen LogP contribution is 2.78. The molecule has 0 radical (unpaired) electrons. The number of hydrogen-bond donors (Lipinski definition) is 0. The molecule has 0 aliphatic carbocycles. The first kappa shape index (κ1) is 7.76. The van der Waals surface area contributed by atoms with Gasteiger partial charge in [-0.15, -0.1) is 0 Å². The predicted molar refractivity (Wildman–Crippen MR) is 57.8 cm³/mol. The van der Waals surface area contributed by atoms with E-state index in [1.807, 2.05) is 0 Å². The Labute approximate surface area is 79.4 Å². The Hall–Kier alpha value is 0.390. The van der Waals surface area contributed by atoms with Gasteiger partial charge in [-0.2, -0.15) is 0 Å². The second-order valence-electron chi connectivity index (χ2n) is 4.69. The molecule has 2 saturated heterocycles. The van der Waals surface area contributed by atoms with Crippen LogP contribution in [0.5, 0.6) is 0 Å². The molecule has 66 valence electrons. The molecule has 2 heteroatoms. The van der Waals surface area contributed by atoms with Crippen molar-refractivity contribution in [3.8, 4) is 0 Å². The summed E-state index contributed by atoms with van der Waals surface area (Å²) in [7, 11) is 0. The van der Waals surface area contributed by atoms with Crippen molar-refractivity contribution in [2.24, 2.45) is 5.92 Å². The standard InChI is InChI=1S/C10H15PS/c1-6-7(2)10-8-3-4-11(10,12)9(6)5-8/h8-10H,3-5H2,1-2H3/t8-,9+,10+,11?/m1/s1. The lowest BCUT2D eigenvalue weighted by Crippen LogP contribution is -2.17. The van der Waals surface area contributed by atoms with Crippen molar-refractivity contribution in [2.75, 3.05) is 6.16 Å². The average Bonchev–Trinajstić information content (AvgIpc) is 2.55. The smallest absolute Gasteiger partial charge is 0.0125 e. The molecule has 0 saturated carbocycles. The molecule has 3 aliphatic rings. The van der Waals surface area contributed by atoms with E-state index in [4.69, 9.17) is 11.8 Å². The summed E-state index contributed by atoms with van der Waals surface area (Å²) in [5.74, 6) is 1.02. The van der Waals surface area contributed by atoms with Crippen LogP contribution in [-0.4, -0.2) is 17.5 Å². The van der Waals surface area contributed by atoms with Gasteiger partial charge < -0.3 is 0 Å². The lowest BCUT2D eigenvalue weighted by atomic mass is 9.84. The predicted octanol–water partition coefficient (Wildman–Crippen LogP) is 2.98. The molecule has 1 unspecified atom stereocenters. The zero-order valence-corrected chi connectivity index (χ0v) is 9.42. The van der Waals surface area contributed by atoms with Gasteiger partial charge in [0, 0.05) is 11.3 Å². The fourth-order valence-corrected chi connectivity index (χ4v) is 10.8. The highest BCUT2D eigenvalue weighted by atomic mass is 32.4. The minimum absolute atomic E-state index is 0.899. The van der Waals surface area contributed by atoms with Gasteiger partial charge in [-0.1, -0.05) is 23.0 Å². The minimum Gasteiger partial charge on any atom is -0.0962 e. The van der Waals surface area contributed by atoms with Crippen molar-refractivity contribution in [1.82, 2.24) is 0 Å². The molecule has 0 aromatic carbocycles. The quantitative estimate of drug-likeness (QED) is 0.426. The van der Waals surface area contributed by atoms with Crippen molar-refractivity contribution in [3.05, 3.63) is 11.1 Å². The van der Waals surface area contributed by atoms with Crippen LogP contribution in [0.15, 0.2) is 11.1 Å². The summed E-state index contributed by atoms with van der Waals surface area (Å²) < 4.78 is 0. The zero-order valence-electron chi connectivity index (χ0n) is 7.71. The molecular weight excluding hydrogens is 183 g/mol. The molecule has 0 aromatic rings. The van der Waals surface area contributed by atoms with Gasteiger partial charge in [-0.05, 0) is 44.8 Å². The van der Waals surface area contributed by atoms with Crippen molar-refractivity contribution in [1.29, 1.82) is 0 Å². The zero-order chi connectivity index (χ0) is 8.51. The van der Waals surface area contributed by atoms with Gasteiger partial charge in [-0.3, -0.25) is 0 Å². The summed E-state index contributed by atoms with van der Waals surface area (Å²) in [4.78, 5) is 0. The Bertz CT molecular complexity index is 329. The molecule has 0 aromatic heterocycles. The van der Waals surface area contributed by atoms with Crippen molar-refractivity contribution >= 4 is 17.8 Å². The monoisotopic (exact) mass is 198 g/mol. The Balaban J connectivity index is 2.22. The molecule has 4 bridgehead atoms. The highest BCUT2D eigenvalue weighted by molar-refractivity contribution is 8.15. The van der Waals surface area contributed by atoms with Gasteiger partial charge in [-0.25, -0.2) is 0 Å². The lowest BCUT2D eigenvalue weighted by Gasteiger charge is -2.23. The molecule has 2 fully saturated rings. The van der Waals surface area contributed by atoms with Crippen LogP contribution < -0.4 is 0 Å². The Morgan fingerprint density at radius 2 is 2.08 bits per heavy atom. The highest BCUT2D eigenvalue weighted by Gasteiger charge is 2.58. The molecule has 4 atom stereocenters. The summed E-state index contributed by atoms with van der Waals surface area (Å²) in [5.41, 5.74) is 5.21. The number of allylic oxidation sites excluding steroid dienone is 2. The molecular formula is C10H15PS. The van der Waals surface area contributed by atoms with Crippen LogP contribution in [0.25, 0.3) is 0 Å². The third kappa shape index (κ3) is 0.622. The lowest BCUT2D eigenvalue weighted by molar-refractivity contribution is 0.495. The van der Waals surface area contributed by atoms with Crippen molar-refractivity contribution in [2.45, 2.75) is 38.0 Å². The first-order chi connectivity index (χ1) is 5.64. The van der Waals surface area contributed by atoms with Gasteiger partial charge in [0.2, 0.25) is 0 Å². The van der Waals surface area contributed by atoms with Crippen LogP contribution in [-0.2, 0) is 11.8 Å². The van der Waals surface area contributed by atoms with Crippen molar-refractivity contribution < 1.29 is 0 Å². The minimum atomic E-state index is -0.901. The van der Waals surface area contributed by atoms with Gasteiger partial charge in [0.05, 0.1) is 0 Å². The second-order valence-corrected chi connectivity index (χ2v) is 10.1. The van der Waals surface area contributed by atoms with E-state index in [-0.39, 0.29) is 0 Å². The molecule has 0 spiro atoms. The van der Waals surface area contributed by atoms with Crippen LogP contribution in [0.2, 0.25) is 0 Å². The van der Waals surface area contributed by atoms with Crippen molar-refractivity contribution in [3.63, 3.8) is 0 Å². The van der Waals surface area contributed by atoms with Crippen LogP contribution in [0.3, 0.4) is 0 Å². The molecule has 0 nitrogen and oxygen atoms in total. The third-order valence-corrected chi connectivity index (χ3v) is 10.7. The topological polar surface area (TPSA) is 0 Å². The largest absolute Gasteiger partial charge is 0.0962 e. The summed E-state index contributed by atoms with van der Waals surface area (Å²) >= 11 is 5.94. The van der Waals surface area contributed by atoms with Gasteiger partial charge >= 0.3 is 0 Å².